The van der Waals surface area contributed by atoms with Crippen LogP contribution in [0.3, 0.4) is 0 Å². The van der Waals surface area contributed by atoms with Crippen LogP contribution in [0, 0.1) is 0 Å². The molecule has 0 bridgehead atoms. The number of carbonyl (C=O) groups is 8. The van der Waals surface area contributed by atoms with Gasteiger partial charge in [0.05, 0.1) is 0 Å². The fourth-order valence-corrected chi connectivity index (χ4v) is 4.73. The quantitative estimate of drug-likeness (QED) is 0.181. The van der Waals surface area contributed by atoms with Gasteiger partial charge in [0.25, 0.3) is 0 Å². The van der Waals surface area contributed by atoms with Gasteiger partial charge in [-0.15, -0.1) is 0 Å². The lowest BCUT2D eigenvalue weighted by Crippen LogP contribution is -2.67. The van der Waals surface area contributed by atoms with Gasteiger partial charge in [-0.1, -0.05) is 0 Å². The summed E-state index contributed by atoms with van der Waals surface area (Å²) in [5, 5.41) is 0. The lowest BCUT2D eigenvalue weighted by Gasteiger charge is -2.48. The summed E-state index contributed by atoms with van der Waals surface area (Å²) in [5.74, 6) is -7.04. The average Bonchev–Trinajstić information content (AvgIpc) is 2.91. The second-order valence-corrected chi connectivity index (χ2v) is 10.3. The molecule has 0 aromatic carbocycles. The van der Waals surface area contributed by atoms with Gasteiger partial charge in [0.15, 0.2) is 36.8 Å². The van der Waals surface area contributed by atoms with E-state index in [1.165, 1.54) is 0 Å². The standard InChI is InChI=1S/C28H38O19/c1-11(29)37-9-19-21(39-13(3)31)23(41-15(5)33)25(42-16(6)34)28(46-19)47-24-22(40-14(4)32)20(10-38-12(2)30)45-27(44-18(8)36)26(24)43-17(7)35/h19-28H,9-10H2,1-8H3/t19-,20-,21+,22+,23+,24+,25-,26-,27?,28-/m1/s1. The molecule has 0 aliphatic carbocycles. The monoisotopic (exact) mass is 678 g/mol. The summed E-state index contributed by atoms with van der Waals surface area (Å²) in [5.41, 5.74) is 0. The minimum absolute atomic E-state index is 0.587. The van der Waals surface area contributed by atoms with Gasteiger partial charge < -0.3 is 52.1 Å². The van der Waals surface area contributed by atoms with Gasteiger partial charge in [0.2, 0.25) is 6.29 Å². The molecule has 2 aliphatic rings. The zero-order valence-corrected chi connectivity index (χ0v) is 26.9. The Hall–Kier alpha value is -4.36. The molecule has 0 amide bonds. The van der Waals surface area contributed by atoms with E-state index in [1.807, 2.05) is 0 Å². The molecule has 2 fully saturated rings. The number of hydrogen-bond acceptors (Lipinski definition) is 19. The van der Waals surface area contributed by atoms with Gasteiger partial charge in [-0.05, 0) is 0 Å². The molecule has 10 atom stereocenters. The average molecular weight is 679 g/mol. The van der Waals surface area contributed by atoms with Gasteiger partial charge in [0.1, 0.15) is 31.5 Å². The van der Waals surface area contributed by atoms with Crippen molar-refractivity contribution in [3.63, 3.8) is 0 Å². The first-order valence-electron chi connectivity index (χ1n) is 14.2. The van der Waals surface area contributed by atoms with Crippen molar-refractivity contribution in [1.29, 1.82) is 0 Å². The van der Waals surface area contributed by atoms with Crippen molar-refractivity contribution in [2.24, 2.45) is 0 Å². The first-order chi connectivity index (χ1) is 21.9. The van der Waals surface area contributed by atoms with Crippen molar-refractivity contribution in [3.05, 3.63) is 0 Å². The van der Waals surface area contributed by atoms with Crippen molar-refractivity contribution in [1.82, 2.24) is 0 Å². The van der Waals surface area contributed by atoms with Crippen molar-refractivity contribution in [2.75, 3.05) is 13.2 Å². The minimum Gasteiger partial charge on any atom is -0.463 e. The molecule has 19 nitrogen and oxygen atoms in total. The predicted octanol–water partition coefficient (Wildman–Crippen LogP) is -0.831. The normalized spacial score (nSPS) is 30.0. The maximum absolute atomic E-state index is 12.3. The number of rotatable bonds is 12. The first-order valence-corrected chi connectivity index (χ1v) is 14.2. The van der Waals surface area contributed by atoms with E-state index >= 15 is 0 Å². The fourth-order valence-electron chi connectivity index (χ4n) is 4.73. The summed E-state index contributed by atoms with van der Waals surface area (Å²) < 4.78 is 60.2. The van der Waals surface area contributed by atoms with Crippen LogP contribution in [-0.4, -0.2) is 122 Å². The topological polar surface area (TPSA) is 238 Å². The Labute approximate surface area is 268 Å². The first kappa shape index (κ1) is 38.8. The van der Waals surface area contributed by atoms with Crippen LogP contribution >= 0.6 is 0 Å². The summed E-state index contributed by atoms with van der Waals surface area (Å²) >= 11 is 0. The highest BCUT2D eigenvalue weighted by Gasteiger charge is 2.58. The van der Waals surface area contributed by atoms with E-state index in [0.717, 1.165) is 55.4 Å². The molecule has 0 spiro atoms. The molecular weight excluding hydrogens is 640 g/mol. The molecule has 2 saturated heterocycles. The third kappa shape index (κ3) is 12.1. The molecular formula is C28H38O19. The van der Waals surface area contributed by atoms with Gasteiger partial charge in [-0.3, -0.25) is 38.4 Å². The second-order valence-electron chi connectivity index (χ2n) is 10.3. The lowest BCUT2D eigenvalue weighted by atomic mass is 9.96. The Balaban J connectivity index is 2.75. The SMILES string of the molecule is CC(=O)OC[C@H]1O[C@H](O[C@H]2[C@@H](OC(C)=O)[C@@H](COC(C)=O)OC(OC(C)=O)[C@@H]2OC(C)=O)[C@H](OC(C)=O)[C@@H](OC(C)=O)[C@H]1OC(C)=O. The maximum atomic E-state index is 12.3. The molecule has 2 heterocycles. The molecule has 0 N–H and O–H groups in total. The summed E-state index contributed by atoms with van der Waals surface area (Å²) in [4.78, 5) is 96.4. The van der Waals surface area contributed by atoms with E-state index in [0.29, 0.717) is 0 Å². The molecule has 19 heteroatoms. The molecule has 0 saturated carbocycles. The van der Waals surface area contributed by atoms with E-state index in [1.54, 1.807) is 0 Å². The number of hydrogen-bond donors (Lipinski definition) is 0. The Morgan fingerprint density at radius 1 is 0.383 bits per heavy atom. The van der Waals surface area contributed by atoms with E-state index in [4.69, 9.17) is 52.1 Å². The second kappa shape index (κ2) is 17.5. The molecule has 0 radical (unpaired) electrons. The summed E-state index contributed by atoms with van der Waals surface area (Å²) in [7, 11) is 0. The van der Waals surface area contributed by atoms with Crippen LogP contribution < -0.4 is 0 Å². The van der Waals surface area contributed by atoms with Crippen LogP contribution in [0.15, 0.2) is 0 Å². The fraction of sp³-hybridized carbons (Fsp3) is 0.714. The third-order valence-electron chi connectivity index (χ3n) is 6.17. The number of carbonyl (C=O) groups excluding carboxylic acids is 8. The Bertz CT molecular complexity index is 1200. The third-order valence-corrected chi connectivity index (χ3v) is 6.17. The van der Waals surface area contributed by atoms with Crippen molar-refractivity contribution >= 4 is 47.8 Å². The highest BCUT2D eigenvalue weighted by atomic mass is 16.8. The number of esters is 8. The molecule has 47 heavy (non-hydrogen) atoms. The van der Waals surface area contributed by atoms with Gasteiger partial charge in [-0.25, -0.2) is 0 Å². The maximum Gasteiger partial charge on any atom is 0.305 e. The molecule has 2 rings (SSSR count). The molecule has 0 aromatic heterocycles. The zero-order chi connectivity index (χ0) is 35.6. The van der Waals surface area contributed by atoms with Gasteiger partial charge in [0, 0.05) is 55.4 Å². The Kier molecular flexibility index (Phi) is 14.5. The summed E-state index contributed by atoms with van der Waals surface area (Å²) in [6.45, 7) is 7.06. The van der Waals surface area contributed by atoms with Crippen LogP contribution in [0.4, 0.5) is 0 Å². The highest BCUT2D eigenvalue weighted by molar-refractivity contribution is 5.69. The van der Waals surface area contributed by atoms with Crippen LogP contribution in [0.1, 0.15) is 55.4 Å². The van der Waals surface area contributed by atoms with Crippen LogP contribution in [0.2, 0.25) is 0 Å². The largest absolute Gasteiger partial charge is 0.463 e. The highest BCUT2D eigenvalue weighted by Crippen LogP contribution is 2.35. The smallest absolute Gasteiger partial charge is 0.305 e. The Morgan fingerprint density at radius 3 is 1.09 bits per heavy atom. The van der Waals surface area contributed by atoms with Crippen LogP contribution in [-0.2, 0) is 90.5 Å². The minimum atomic E-state index is -1.86. The van der Waals surface area contributed by atoms with Crippen molar-refractivity contribution in [3.8, 4) is 0 Å². The summed E-state index contributed by atoms with van der Waals surface area (Å²) in [6.07, 6.45) is -16.4. The van der Waals surface area contributed by atoms with E-state index in [-0.39, 0.29) is 0 Å². The lowest BCUT2D eigenvalue weighted by molar-refractivity contribution is -0.358. The van der Waals surface area contributed by atoms with Crippen molar-refractivity contribution < 1.29 is 90.5 Å². The molecule has 264 valence electrons. The Morgan fingerprint density at radius 2 is 0.702 bits per heavy atom. The molecule has 2 aliphatic heterocycles. The summed E-state index contributed by atoms with van der Waals surface area (Å²) in [6, 6.07) is 0. The van der Waals surface area contributed by atoms with Crippen LogP contribution in [0.25, 0.3) is 0 Å². The van der Waals surface area contributed by atoms with Gasteiger partial charge >= 0.3 is 47.8 Å². The molecule has 1 unspecified atom stereocenters. The van der Waals surface area contributed by atoms with E-state index in [9.17, 15) is 38.4 Å². The number of ether oxygens (including phenoxy) is 11. The van der Waals surface area contributed by atoms with E-state index < -0.39 is 122 Å². The predicted molar refractivity (Wildman–Crippen MR) is 145 cm³/mol. The van der Waals surface area contributed by atoms with E-state index in [2.05, 4.69) is 0 Å². The zero-order valence-electron chi connectivity index (χ0n) is 26.9. The van der Waals surface area contributed by atoms with Gasteiger partial charge in [-0.2, -0.15) is 0 Å². The van der Waals surface area contributed by atoms with Crippen LogP contribution in [0.5, 0.6) is 0 Å². The van der Waals surface area contributed by atoms with Crippen molar-refractivity contribution in [2.45, 2.75) is 117 Å². The molecule has 0 aromatic rings.